The maximum atomic E-state index is 5.01. The number of hydrogen-bond acceptors (Lipinski definition) is 2. The molecule has 2 heteroatoms. The van der Waals surface area contributed by atoms with Crippen LogP contribution in [0.5, 0.6) is 0 Å². The van der Waals surface area contributed by atoms with Crippen molar-refractivity contribution in [3.63, 3.8) is 0 Å². The number of pyridine rings is 2. The first-order chi connectivity index (χ1) is 28.3. The minimum absolute atomic E-state index is 0.495. The van der Waals surface area contributed by atoms with Gasteiger partial charge in [-0.15, -0.1) is 0 Å². The molecule has 8 aromatic carbocycles. The van der Waals surface area contributed by atoms with Gasteiger partial charge in [0.2, 0.25) is 0 Å². The number of aromatic nitrogens is 2. The van der Waals surface area contributed by atoms with E-state index >= 15 is 0 Å². The fraction of sp³-hybridized carbons (Fsp3) is 0.0182. The predicted molar refractivity (Wildman–Crippen MR) is 236 cm³/mol. The van der Waals surface area contributed by atoms with E-state index in [0.29, 0.717) is 0 Å². The molecule has 1 aliphatic carbocycles. The average Bonchev–Trinajstić information content (AvgIpc) is 3.59. The van der Waals surface area contributed by atoms with E-state index < -0.39 is 5.41 Å². The molecule has 0 radical (unpaired) electrons. The highest BCUT2D eigenvalue weighted by atomic mass is 14.7. The first-order valence-electron chi connectivity index (χ1n) is 19.6. The normalized spacial score (nSPS) is 12.7. The largest absolute Gasteiger partial charge is 0.264 e. The minimum atomic E-state index is -0.495. The molecule has 0 fully saturated rings. The highest BCUT2D eigenvalue weighted by Crippen LogP contribution is 2.57. The molecule has 1 aliphatic rings. The molecule has 0 bridgehead atoms. The standard InChI is InChI=1S/C55H36N2/c1-4-15-37(16-5-1)53-46-23-10-11-24-47(46)54(49-33-38(26-30-48(49)53)52-31-28-41(36-57-52)40-17-14-32-56-35-40)39-27-29-45-44-22-12-13-25-50(44)55(51(45)34-39,42-18-6-2-7-19-42)43-20-8-3-9-21-43/h1-36H. The summed E-state index contributed by atoms with van der Waals surface area (Å²) in [5.74, 6) is 0. The smallest absolute Gasteiger partial charge is 0.0713 e. The van der Waals surface area contributed by atoms with Crippen LogP contribution in [0.1, 0.15) is 22.3 Å². The van der Waals surface area contributed by atoms with E-state index in [9.17, 15) is 0 Å². The summed E-state index contributed by atoms with van der Waals surface area (Å²) in [5.41, 5.74) is 16.2. The van der Waals surface area contributed by atoms with Gasteiger partial charge in [0.05, 0.1) is 11.1 Å². The molecule has 2 heterocycles. The Kier molecular flexibility index (Phi) is 7.75. The van der Waals surface area contributed by atoms with E-state index in [4.69, 9.17) is 4.98 Å². The van der Waals surface area contributed by atoms with E-state index in [2.05, 4.69) is 199 Å². The molecule has 0 aliphatic heterocycles. The van der Waals surface area contributed by atoms with Crippen molar-refractivity contribution in [2.75, 3.05) is 0 Å². The third-order valence-corrected chi connectivity index (χ3v) is 11.9. The van der Waals surface area contributed by atoms with Crippen LogP contribution in [0.2, 0.25) is 0 Å². The first kappa shape index (κ1) is 33.0. The van der Waals surface area contributed by atoms with Crippen LogP contribution < -0.4 is 0 Å². The van der Waals surface area contributed by atoms with Gasteiger partial charge in [-0.25, -0.2) is 0 Å². The van der Waals surface area contributed by atoms with Gasteiger partial charge in [0, 0.05) is 35.3 Å². The Hall–Kier alpha value is -7.42. The number of rotatable bonds is 6. The van der Waals surface area contributed by atoms with Crippen molar-refractivity contribution < 1.29 is 0 Å². The molecule has 2 aromatic heterocycles. The first-order valence-corrected chi connectivity index (χ1v) is 19.6. The van der Waals surface area contributed by atoms with Crippen LogP contribution in [-0.4, -0.2) is 9.97 Å². The lowest BCUT2D eigenvalue weighted by atomic mass is 9.67. The Bertz CT molecular complexity index is 3040. The summed E-state index contributed by atoms with van der Waals surface area (Å²) in [4.78, 5) is 9.33. The van der Waals surface area contributed by atoms with Crippen LogP contribution in [0.15, 0.2) is 219 Å². The molecule has 0 N–H and O–H groups in total. The summed E-state index contributed by atoms with van der Waals surface area (Å²) in [6.45, 7) is 0. The van der Waals surface area contributed by atoms with Crippen LogP contribution in [-0.2, 0) is 5.41 Å². The van der Waals surface area contributed by atoms with Crippen LogP contribution in [0.4, 0.5) is 0 Å². The van der Waals surface area contributed by atoms with Crippen molar-refractivity contribution in [1.29, 1.82) is 0 Å². The Morgan fingerprint density at radius 3 is 1.58 bits per heavy atom. The molecule has 11 rings (SSSR count). The van der Waals surface area contributed by atoms with Gasteiger partial charge in [0.25, 0.3) is 0 Å². The molecular formula is C55H36N2. The third-order valence-electron chi connectivity index (χ3n) is 11.9. The van der Waals surface area contributed by atoms with Gasteiger partial charge in [0.1, 0.15) is 0 Å². The van der Waals surface area contributed by atoms with Gasteiger partial charge in [-0.1, -0.05) is 176 Å². The summed E-state index contributed by atoms with van der Waals surface area (Å²) < 4.78 is 0. The monoisotopic (exact) mass is 724 g/mol. The molecule has 0 spiro atoms. The van der Waals surface area contributed by atoms with E-state index in [1.54, 1.807) is 6.20 Å². The highest BCUT2D eigenvalue weighted by molar-refractivity contribution is 6.22. The van der Waals surface area contributed by atoms with Crippen LogP contribution in [0.25, 0.3) is 77.3 Å². The van der Waals surface area contributed by atoms with Crippen molar-refractivity contribution in [3.05, 3.63) is 241 Å². The predicted octanol–water partition coefficient (Wildman–Crippen LogP) is 13.8. The van der Waals surface area contributed by atoms with E-state index in [1.807, 2.05) is 18.5 Å². The average molecular weight is 725 g/mol. The fourth-order valence-electron chi connectivity index (χ4n) is 9.43. The zero-order valence-electron chi connectivity index (χ0n) is 31.2. The van der Waals surface area contributed by atoms with Crippen molar-refractivity contribution in [1.82, 2.24) is 9.97 Å². The molecule has 0 saturated carbocycles. The number of hydrogen-bond donors (Lipinski definition) is 0. The van der Waals surface area contributed by atoms with Crippen LogP contribution in [0, 0.1) is 0 Å². The Morgan fingerprint density at radius 1 is 0.333 bits per heavy atom. The quantitative estimate of drug-likeness (QED) is 0.160. The Morgan fingerprint density at radius 2 is 0.895 bits per heavy atom. The second-order valence-electron chi connectivity index (χ2n) is 14.9. The van der Waals surface area contributed by atoms with Gasteiger partial charge < -0.3 is 0 Å². The summed E-state index contributed by atoms with van der Waals surface area (Å²) in [6.07, 6.45) is 5.64. The Labute approximate surface area is 332 Å². The molecule has 10 aromatic rings. The molecule has 0 atom stereocenters. The van der Waals surface area contributed by atoms with Gasteiger partial charge in [-0.3, -0.25) is 9.97 Å². The van der Waals surface area contributed by atoms with Gasteiger partial charge >= 0.3 is 0 Å². The second kappa shape index (κ2) is 13.4. The van der Waals surface area contributed by atoms with Crippen LogP contribution in [0.3, 0.4) is 0 Å². The molecule has 57 heavy (non-hydrogen) atoms. The number of fused-ring (bicyclic) bond motifs is 5. The lowest BCUT2D eigenvalue weighted by Crippen LogP contribution is -2.28. The van der Waals surface area contributed by atoms with Crippen molar-refractivity contribution >= 4 is 21.5 Å². The summed E-state index contributed by atoms with van der Waals surface area (Å²) >= 11 is 0. The maximum absolute atomic E-state index is 5.01. The van der Waals surface area contributed by atoms with Gasteiger partial charge in [-0.05, 0) is 101 Å². The van der Waals surface area contributed by atoms with Crippen LogP contribution >= 0.6 is 0 Å². The molecule has 266 valence electrons. The van der Waals surface area contributed by atoms with E-state index in [0.717, 1.165) is 22.4 Å². The summed E-state index contributed by atoms with van der Waals surface area (Å²) in [6, 6.07) is 73.3. The van der Waals surface area contributed by atoms with E-state index in [-0.39, 0.29) is 0 Å². The Balaban J connectivity index is 1.21. The summed E-state index contributed by atoms with van der Waals surface area (Å²) in [5, 5.41) is 4.87. The zero-order chi connectivity index (χ0) is 37.8. The maximum Gasteiger partial charge on any atom is 0.0713 e. The number of benzene rings is 8. The van der Waals surface area contributed by atoms with Gasteiger partial charge in [-0.2, -0.15) is 0 Å². The van der Waals surface area contributed by atoms with Gasteiger partial charge in [0.15, 0.2) is 0 Å². The van der Waals surface area contributed by atoms with Crippen molar-refractivity contribution in [3.8, 4) is 55.8 Å². The molecule has 0 saturated heterocycles. The van der Waals surface area contributed by atoms with Crippen molar-refractivity contribution in [2.45, 2.75) is 5.41 Å². The lowest BCUT2D eigenvalue weighted by molar-refractivity contribution is 0.769. The highest BCUT2D eigenvalue weighted by Gasteiger charge is 2.46. The molecule has 0 unspecified atom stereocenters. The molecule has 2 nitrogen and oxygen atoms in total. The SMILES string of the molecule is c1ccc(-c2c3ccccc3c(-c3ccc4c(c3)C(c3ccccc3)(c3ccccc3)c3ccccc3-4)c3cc(-c4ccc(-c5cccnc5)cn4)ccc23)cc1. The minimum Gasteiger partial charge on any atom is -0.264 e. The van der Waals surface area contributed by atoms with E-state index in [1.165, 1.54) is 77.2 Å². The molecular weight excluding hydrogens is 689 g/mol. The zero-order valence-corrected chi connectivity index (χ0v) is 31.2. The topological polar surface area (TPSA) is 25.8 Å². The number of nitrogens with zero attached hydrogens (tertiary/aromatic N) is 2. The third kappa shape index (κ3) is 5.18. The van der Waals surface area contributed by atoms with Crippen molar-refractivity contribution in [2.24, 2.45) is 0 Å². The lowest BCUT2D eigenvalue weighted by Gasteiger charge is -2.34. The molecule has 0 amide bonds. The fourth-order valence-corrected chi connectivity index (χ4v) is 9.43. The second-order valence-corrected chi connectivity index (χ2v) is 14.9. The summed E-state index contributed by atoms with van der Waals surface area (Å²) in [7, 11) is 0.